The number of aromatic amines is 1. The SMILES string of the molecule is CCOC(=O)C1=C(Nc2ccc(NC(=O)OC(C)(C)C)cc2)O/C(=C\c2c[nH]c3ncccc23)C1=O. The van der Waals surface area contributed by atoms with E-state index >= 15 is 0 Å². The molecule has 1 aromatic carbocycles. The van der Waals surface area contributed by atoms with Crippen LogP contribution in [-0.4, -0.2) is 40.0 Å². The van der Waals surface area contributed by atoms with Crippen molar-refractivity contribution in [3.05, 3.63) is 71.6 Å². The van der Waals surface area contributed by atoms with Gasteiger partial charge in [-0.3, -0.25) is 10.1 Å². The average molecular weight is 491 g/mol. The van der Waals surface area contributed by atoms with Crippen LogP contribution in [0.25, 0.3) is 17.1 Å². The lowest BCUT2D eigenvalue weighted by atomic mass is 10.1. The molecule has 0 aliphatic carbocycles. The fourth-order valence-electron chi connectivity index (χ4n) is 3.43. The van der Waals surface area contributed by atoms with E-state index in [0.717, 1.165) is 5.39 Å². The van der Waals surface area contributed by atoms with E-state index in [1.54, 1.807) is 76.5 Å². The van der Waals surface area contributed by atoms with Crippen molar-refractivity contribution in [3.63, 3.8) is 0 Å². The summed E-state index contributed by atoms with van der Waals surface area (Å²) in [6, 6.07) is 10.2. The Morgan fingerprint density at radius 2 is 1.86 bits per heavy atom. The van der Waals surface area contributed by atoms with Crippen molar-refractivity contribution in [2.24, 2.45) is 0 Å². The van der Waals surface area contributed by atoms with E-state index < -0.39 is 23.4 Å². The Morgan fingerprint density at radius 1 is 1.14 bits per heavy atom. The van der Waals surface area contributed by atoms with Crippen molar-refractivity contribution in [1.29, 1.82) is 0 Å². The number of hydrogen-bond donors (Lipinski definition) is 3. The van der Waals surface area contributed by atoms with Gasteiger partial charge in [-0.25, -0.2) is 14.6 Å². The van der Waals surface area contributed by atoms with E-state index in [2.05, 4.69) is 20.6 Å². The van der Waals surface area contributed by atoms with Crippen molar-refractivity contribution in [2.75, 3.05) is 17.2 Å². The molecular weight excluding hydrogens is 464 g/mol. The van der Waals surface area contributed by atoms with E-state index in [9.17, 15) is 14.4 Å². The van der Waals surface area contributed by atoms with E-state index in [1.165, 1.54) is 0 Å². The standard InChI is InChI=1S/C26H26N4O6/c1-5-34-24(32)20-21(31)19(13-15-14-28-22-18(15)7-6-12-27-22)35-23(20)29-16-8-10-17(11-9-16)30-25(33)36-26(2,3)4/h6-14,29H,5H2,1-4H3,(H,27,28)(H,30,33)/b19-13-. The second kappa shape index (κ2) is 9.95. The zero-order chi connectivity index (χ0) is 25.9. The van der Waals surface area contributed by atoms with E-state index in [0.29, 0.717) is 22.6 Å². The van der Waals surface area contributed by atoms with Gasteiger partial charge in [0.25, 0.3) is 0 Å². The number of fused-ring (bicyclic) bond motifs is 1. The number of H-pyrrole nitrogens is 1. The second-order valence-corrected chi connectivity index (χ2v) is 8.84. The van der Waals surface area contributed by atoms with Gasteiger partial charge in [0, 0.05) is 34.7 Å². The molecule has 10 heteroatoms. The molecule has 3 N–H and O–H groups in total. The molecule has 0 fully saturated rings. The molecule has 3 aromatic rings. The predicted octanol–water partition coefficient (Wildman–Crippen LogP) is 4.74. The summed E-state index contributed by atoms with van der Waals surface area (Å²) >= 11 is 0. The third kappa shape index (κ3) is 5.54. The van der Waals surface area contributed by atoms with E-state index in [4.69, 9.17) is 14.2 Å². The molecule has 0 radical (unpaired) electrons. The van der Waals surface area contributed by atoms with Gasteiger partial charge in [0.1, 0.15) is 11.2 Å². The summed E-state index contributed by atoms with van der Waals surface area (Å²) in [6.07, 6.45) is 4.32. The Labute approximate surface area is 207 Å². The summed E-state index contributed by atoms with van der Waals surface area (Å²) in [5.74, 6) is -1.47. The first-order valence-electron chi connectivity index (χ1n) is 11.3. The van der Waals surface area contributed by atoms with Crippen LogP contribution in [0.1, 0.15) is 33.3 Å². The maximum Gasteiger partial charge on any atom is 0.412 e. The van der Waals surface area contributed by atoms with Crippen LogP contribution < -0.4 is 10.6 Å². The molecule has 1 amide bonds. The average Bonchev–Trinajstić information content (AvgIpc) is 3.35. The molecule has 0 saturated carbocycles. The maximum absolute atomic E-state index is 13.1. The number of Topliss-reactive ketones (excluding diaryl/α,β-unsaturated/α-hetero) is 1. The zero-order valence-electron chi connectivity index (χ0n) is 20.3. The third-order valence-electron chi connectivity index (χ3n) is 4.93. The van der Waals surface area contributed by atoms with Gasteiger partial charge >= 0.3 is 12.1 Å². The van der Waals surface area contributed by atoms with Crippen molar-refractivity contribution in [1.82, 2.24) is 9.97 Å². The quantitative estimate of drug-likeness (QED) is 0.257. The monoisotopic (exact) mass is 490 g/mol. The number of amides is 1. The number of allylic oxidation sites excluding steroid dienone is 1. The number of pyridine rings is 1. The minimum absolute atomic E-state index is 0.0338. The number of aromatic nitrogens is 2. The predicted molar refractivity (Wildman–Crippen MR) is 134 cm³/mol. The largest absolute Gasteiger partial charge is 0.462 e. The van der Waals surface area contributed by atoms with Gasteiger partial charge in [0.05, 0.1) is 6.61 Å². The summed E-state index contributed by atoms with van der Waals surface area (Å²) < 4.78 is 16.1. The Kier molecular flexibility index (Phi) is 6.77. The summed E-state index contributed by atoms with van der Waals surface area (Å²) in [6.45, 7) is 7.07. The molecule has 36 heavy (non-hydrogen) atoms. The second-order valence-electron chi connectivity index (χ2n) is 8.84. The molecule has 4 rings (SSSR count). The van der Waals surface area contributed by atoms with E-state index in [1.807, 2.05) is 6.07 Å². The molecule has 186 valence electrons. The molecule has 0 bridgehead atoms. The first kappa shape index (κ1) is 24.5. The van der Waals surface area contributed by atoms with Crippen molar-refractivity contribution in [2.45, 2.75) is 33.3 Å². The fraction of sp³-hybridized carbons (Fsp3) is 0.231. The normalized spacial score (nSPS) is 14.7. The summed E-state index contributed by atoms with van der Waals surface area (Å²) in [5.41, 5.74) is 1.51. The van der Waals surface area contributed by atoms with Crippen molar-refractivity contribution in [3.8, 4) is 0 Å². The summed E-state index contributed by atoms with van der Waals surface area (Å²) in [4.78, 5) is 44.9. The Balaban J connectivity index is 1.56. The smallest absolute Gasteiger partial charge is 0.412 e. The number of benzene rings is 1. The Bertz CT molecular complexity index is 1380. The van der Waals surface area contributed by atoms with Crippen LogP contribution >= 0.6 is 0 Å². The number of ketones is 1. The fourth-order valence-corrected chi connectivity index (χ4v) is 3.43. The van der Waals surface area contributed by atoms with Gasteiger partial charge in [-0.15, -0.1) is 0 Å². The van der Waals surface area contributed by atoms with Gasteiger partial charge in [-0.2, -0.15) is 0 Å². The van der Waals surface area contributed by atoms with Crippen LogP contribution in [0.2, 0.25) is 0 Å². The van der Waals surface area contributed by atoms with Gasteiger partial charge < -0.3 is 24.5 Å². The molecule has 0 unspecified atom stereocenters. The first-order chi connectivity index (χ1) is 17.1. The topological polar surface area (TPSA) is 132 Å². The molecule has 0 atom stereocenters. The first-order valence-corrected chi connectivity index (χ1v) is 11.3. The lowest BCUT2D eigenvalue weighted by Gasteiger charge is -2.19. The lowest BCUT2D eigenvalue weighted by molar-refractivity contribution is -0.139. The Hall–Kier alpha value is -4.60. The molecule has 1 aliphatic rings. The van der Waals surface area contributed by atoms with Crippen LogP contribution in [0.3, 0.4) is 0 Å². The zero-order valence-corrected chi connectivity index (χ0v) is 20.3. The number of ether oxygens (including phenoxy) is 3. The molecule has 3 heterocycles. The van der Waals surface area contributed by atoms with Crippen molar-refractivity contribution < 1.29 is 28.6 Å². The third-order valence-corrected chi connectivity index (χ3v) is 4.93. The van der Waals surface area contributed by atoms with Crippen LogP contribution in [0.5, 0.6) is 0 Å². The molecule has 1 aliphatic heterocycles. The van der Waals surface area contributed by atoms with Crippen LogP contribution in [0.4, 0.5) is 16.2 Å². The minimum Gasteiger partial charge on any atom is -0.462 e. The highest BCUT2D eigenvalue weighted by Gasteiger charge is 2.37. The highest BCUT2D eigenvalue weighted by Crippen LogP contribution is 2.30. The van der Waals surface area contributed by atoms with Gasteiger partial charge in [-0.1, -0.05) is 0 Å². The number of hydrogen-bond acceptors (Lipinski definition) is 8. The molecule has 10 nitrogen and oxygen atoms in total. The molecular formula is C26H26N4O6. The summed E-state index contributed by atoms with van der Waals surface area (Å²) in [7, 11) is 0. The maximum atomic E-state index is 13.1. The van der Waals surface area contributed by atoms with Gasteiger partial charge in [0.2, 0.25) is 11.7 Å². The molecule has 2 aromatic heterocycles. The number of anilines is 2. The molecule has 0 saturated heterocycles. The number of carbonyl (C=O) groups excluding carboxylic acids is 3. The Morgan fingerprint density at radius 3 is 2.56 bits per heavy atom. The highest BCUT2D eigenvalue weighted by molar-refractivity contribution is 6.26. The minimum atomic E-state index is -0.794. The van der Waals surface area contributed by atoms with Gasteiger partial charge in [0.15, 0.2) is 11.3 Å². The van der Waals surface area contributed by atoms with Gasteiger partial charge in [-0.05, 0) is 70.2 Å². The van der Waals surface area contributed by atoms with Crippen LogP contribution in [0, 0.1) is 0 Å². The van der Waals surface area contributed by atoms with Crippen LogP contribution in [-0.2, 0) is 23.8 Å². The van der Waals surface area contributed by atoms with Crippen LogP contribution in [0.15, 0.2) is 66.0 Å². The lowest BCUT2D eigenvalue weighted by Crippen LogP contribution is -2.27. The van der Waals surface area contributed by atoms with E-state index in [-0.39, 0.29) is 23.8 Å². The number of nitrogens with zero attached hydrogens (tertiary/aromatic N) is 1. The highest BCUT2D eigenvalue weighted by atomic mass is 16.6. The number of carbonyl (C=O) groups is 3. The number of esters is 1. The number of rotatable bonds is 6. The summed E-state index contributed by atoms with van der Waals surface area (Å²) in [5, 5.41) is 6.40. The number of nitrogens with one attached hydrogen (secondary N) is 3. The van der Waals surface area contributed by atoms with Crippen molar-refractivity contribution >= 4 is 46.3 Å². The molecule has 0 spiro atoms.